The highest BCUT2D eigenvalue weighted by molar-refractivity contribution is 6.30. The number of anilines is 1. The van der Waals surface area contributed by atoms with Gasteiger partial charge in [-0.15, -0.1) is 0 Å². The predicted octanol–water partition coefficient (Wildman–Crippen LogP) is 3.81. The van der Waals surface area contributed by atoms with Crippen molar-refractivity contribution >= 4 is 29.4 Å². The third kappa shape index (κ3) is 5.48. The SMILES string of the molecule is CCNC(=O)N(CC)CC(=O)Nc1cc(C(C)(C)C)nn1-c1ccc(Cl)cc1. The lowest BCUT2D eigenvalue weighted by Gasteiger charge is -2.20. The molecule has 7 nitrogen and oxygen atoms in total. The normalized spacial score (nSPS) is 11.2. The Morgan fingerprint density at radius 2 is 1.82 bits per heavy atom. The van der Waals surface area contributed by atoms with Crippen LogP contribution < -0.4 is 10.6 Å². The maximum Gasteiger partial charge on any atom is 0.317 e. The van der Waals surface area contributed by atoms with E-state index in [-0.39, 0.29) is 23.9 Å². The highest BCUT2D eigenvalue weighted by Crippen LogP contribution is 2.26. The van der Waals surface area contributed by atoms with Crippen LogP contribution in [0.5, 0.6) is 0 Å². The van der Waals surface area contributed by atoms with Crippen LogP contribution in [0.3, 0.4) is 0 Å². The van der Waals surface area contributed by atoms with Crippen molar-refractivity contribution in [2.45, 2.75) is 40.0 Å². The molecule has 2 rings (SSSR count). The molecule has 1 aromatic heterocycles. The third-order valence-corrected chi connectivity index (χ3v) is 4.40. The van der Waals surface area contributed by atoms with E-state index in [1.807, 2.05) is 32.0 Å². The summed E-state index contributed by atoms with van der Waals surface area (Å²) in [4.78, 5) is 26.1. The quantitative estimate of drug-likeness (QED) is 0.766. The summed E-state index contributed by atoms with van der Waals surface area (Å²) in [7, 11) is 0. The Morgan fingerprint density at radius 1 is 1.18 bits per heavy atom. The molecule has 0 saturated carbocycles. The van der Waals surface area contributed by atoms with Gasteiger partial charge in [-0.25, -0.2) is 9.48 Å². The van der Waals surface area contributed by atoms with E-state index >= 15 is 0 Å². The van der Waals surface area contributed by atoms with Gasteiger partial charge in [0, 0.05) is 29.6 Å². The number of likely N-dealkylation sites (N-methyl/N-ethyl adjacent to an activating group) is 1. The molecular weight excluding hydrogens is 378 g/mol. The molecule has 1 aromatic carbocycles. The van der Waals surface area contributed by atoms with Gasteiger partial charge in [-0.05, 0) is 38.1 Å². The Morgan fingerprint density at radius 3 is 2.36 bits per heavy atom. The monoisotopic (exact) mass is 405 g/mol. The average molecular weight is 406 g/mol. The molecule has 0 bridgehead atoms. The molecule has 2 aromatic rings. The summed E-state index contributed by atoms with van der Waals surface area (Å²) < 4.78 is 1.68. The number of aromatic nitrogens is 2. The van der Waals surface area contributed by atoms with E-state index in [1.165, 1.54) is 4.90 Å². The first-order valence-electron chi connectivity index (χ1n) is 9.34. The van der Waals surface area contributed by atoms with Gasteiger partial charge in [0.2, 0.25) is 5.91 Å². The summed E-state index contributed by atoms with van der Waals surface area (Å²) in [5.41, 5.74) is 1.44. The van der Waals surface area contributed by atoms with E-state index in [0.29, 0.717) is 23.9 Å². The van der Waals surface area contributed by atoms with Crippen LogP contribution in [-0.4, -0.2) is 46.3 Å². The number of hydrogen-bond acceptors (Lipinski definition) is 3. The van der Waals surface area contributed by atoms with Gasteiger partial charge in [-0.3, -0.25) is 4.79 Å². The van der Waals surface area contributed by atoms with Crippen molar-refractivity contribution in [2.24, 2.45) is 0 Å². The fourth-order valence-corrected chi connectivity index (χ4v) is 2.69. The van der Waals surface area contributed by atoms with E-state index < -0.39 is 0 Å². The number of rotatable bonds is 6. The molecule has 152 valence electrons. The number of hydrogen-bond donors (Lipinski definition) is 2. The molecular formula is C20H28ClN5O2. The summed E-state index contributed by atoms with van der Waals surface area (Å²) in [6.45, 7) is 10.7. The molecule has 3 amide bonds. The van der Waals surface area contributed by atoms with Crippen molar-refractivity contribution in [1.82, 2.24) is 20.0 Å². The second-order valence-electron chi connectivity index (χ2n) is 7.45. The third-order valence-electron chi connectivity index (χ3n) is 4.15. The topological polar surface area (TPSA) is 79.3 Å². The number of carbonyl (C=O) groups excluding carboxylic acids is 2. The van der Waals surface area contributed by atoms with Crippen molar-refractivity contribution in [3.8, 4) is 5.69 Å². The van der Waals surface area contributed by atoms with Crippen LogP contribution in [0.4, 0.5) is 10.6 Å². The summed E-state index contributed by atoms with van der Waals surface area (Å²) in [5, 5.41) is 10.9. The molecule has 8 heteroatoms. The van der Waals surface area contributed by atoms with Gasteiger partial charge in [-0.1, -0.05) is 32.4 Å². The van der Waals surface area contributed by atoms with Gasteiger partial charge in [0.1, 0.15) is 12.4 Å². The second kappa shape index (κ2) is 9.10. The highest BCUT2D eigenvalue weighted by atomic mass is 35.5. The molecule has 28 heavy (non-hydrogen) atoms. The van der Waals surface area contributed by atoms with Gasteiger partial charge >= 0.3 is 6.03 Å². The highest BCUT2D eigenvalue weighted by Gasteiger charge is 2.22. The van der Waals surface area contributed by atoms with Crippen LogP contribution in [0.15, 0.2) is 30.3 Å². The maximum atomic E-state index is 12.6. The van der Waals surface area contributed by atoms with Gasteiger partial charge in [-0.2, -0.15) is 5.10 Å². The summed E-state index contributed by atoms with van der Waals surface area (Å²) in [6, 6.07) is 8.81. The van der Waals surface area contributed by atoms with Crippen LogP contribution in [0.2, 0.25) is 5.02 Å². The number of amides is 3. The van der Waals surface area contributed by atoms with Crippen LogP contribution in [0.25, 0.3) is 5.69 Å². The maximum absolute atomic E-state index is 12.6. The number of nitrogens with zero attached hydrogens (tertiary/aromatic N) is 3. The molecule has 0 aliphatic carbocycles. The molecule has 1 heterocycles. The molecule has 0 fully saturated rings. The molecule has 0 saturated heterocycles. The molecule has 0 aliphatic heterocycles. The van der Waals surface area contributed by atoms with E-state index in [0.717, 1.165) is 11.4 Å². The average Bonchev–Trinajstić information content (AvgIpc) is 3.04. The van der Waals surface area contributed by atoms with Crippen LogP contribution in [0.1, 0.15) is 40.3 Å². The molecule has 0 aliphatic rings. The van der Waals surface area contributed by atoms with Gasteiger partial charge in [0.25, 0.3) is 0 Å². The predicted molar refractivity (Wildman–Crippen MR) is 112 cm³/mol. The van der Waals surface area contributed by atoms with E-state index in [4.69, 9.17) is 11.6 Å². The largest absolute Gasteiger partial charge is 0.338 e. The van der Waals surface area contributed by atoms with Crippen molar-refractivity contribution in [3.63, 3.8) is 0 Å². The Bertz CT molecular complexity index is 824. The lowest BCUT2D eigenvalue weighted by molar-refractivity contribution is -0.116. The summed E-state index contributed by atoms with van der Waals surface area (Å²) in [5.74, 6) is 0.257. The zero-order valence-electron chi connectivity index (χ0n) is 17.0. The minimum Gasteiger partial charge on any atom is -0.338 e. The fraction of sp³-hybridized carbons (Fsp3) is 0.450. The van der Waals surface area contributed by atoms with Crippen molar-refractivity contribution in [3.05, 3.63) is 41.0 Å². The smallest absolute Gasteiger partial charge is 0.317 e. The molecule has 0 atom stereocenters. The van der Waals surface area contributed by atoms with Crippen molar-refractivity contribution in [1.29, 1.82) is 0 Å². The lowest BCUT2D eigenvalue weighted by atomic mass is 9.92. The van der Waals surface area contributed by atoms with Gasteiger partial charge in [0.15, 0.2) is 0 Å². The van der Waals surface area contributed by atoms with Crippen LogP contribution >= 0.6 is 11.6 Å². The number of urea groups is 1. The first-order valence-corrected chi connectivity index (χ1v) is 9.72. The minimum atomic E-state index is -0.288. The Balaban J connectivity index is 2.28. The van der Waals surface area contributed by atoms with E-state index in [9.17, 15) is 9.59 Å². The Labute approximate surface area is 171 Å². The van der Waals surface area contributed by atoms with Crippen LogP contribution in [0, 0.1) is 0 Å². The Kier molecular flexibility index (Phi) is 7.07. The standard InChI is InChI=1S/C20H28ClN5O2/c1-6-22-19(28)25(7-2)13-18(27)23-17-12-16(20(3,4)5)24-26(17)15-10-8-14(21)9-11-15/h8-12H,6-7,13H2,1-5H3,(H,22,28)(H,23,27). The number of nitrogens with one attached hydrogen (secondary N) is 2. The summed E-state index contributed by atoms with van der Waals surface area (Å²) in [6.07, 6.45) is 0. The Hall–Kier alpha value is -2.54. The zero-order valence-corrected chi connectivity index (χ0v) is 17.8. The second-order valence-corrected chi connectivity index (χ2v) is 7.89. The minimum absolute atomic E-state index is 0.0427. The zero-order chi connectivity index (χ0) is 20.9. The first kappa shape index (κ1) is 21.8. The fourth-order valence-electron chi connectivity index (χ4n) is 2.56. The number of carbonyl (C=O) groups is 2. The summed E-state index contributed by atoms with van der Waals surface area (Å²) >= 11 is 5.99. The van der Waals surface area contributed by atoms with E-state index in [2.05, 4.69) is 36.5 Å². The number of halogens is 1. The molecule has 0 radical (unpaired) electrons. The van der Waals surface area contributed by atoms with E-state index in [1.54, 1.807) is 16.8 Å². The van der Waals surface area contributed by atoms with Gasteiger partial charge in [0.05, 0.1) is 11.4 Å². The van der Waals surface area contributed by atoms with Crippen LogP contribution in [-0.2, 0) is 10.2 Å². The molecule has 0 spiro atoms. The van der Waals surface area contributed by atoms with Gasteiger partial charge < -0.3 is 15.5 Å². The lowest BCUT2D eigenvalue weighted by Crippen LogP contribution is -2.43. The molecule has 2 N–H and O–H groups in total. The first-order chi connectivity index (χ1) is 13.2. The van der Waals surface area contributed by atoms with Crippen molar-refractivity contribution < 1.29 is 9.59 Å². The van der Waals surface area contributed by atoms with Crippen molar-refractivity contribution in [2.75, 3.05) is 25.0 Å². The number of benzene rings is 1. The molecule has 0 unspecified atom stereocenters.